The molecule has 0 spiro atoms. The summed E-state index contributed by atoms with van der Waals surface area (Å²) in [5.74, 6) is 4.53. The van der Waals surface area contributed by atoms with Crippen molar-refractivity contribution >= 4 is 8.07 Å². The molecule has 0 radical (unpaired) electrons. The molecule has 2 nitrogen and oxygen atoms in total. The zero-order valence-corrected chi connectivity index (χ0v) is 19.3. The highest BCUT2D eigenvalue weighted by Crippen LogP contribution is 2.53. The van der Waals surface area contributed by atoms with Gasteiger partial charge in [-0.2, -0.15) is 0 Å². The van der Waals surface area contributed by atoms with Crippen LogP contribution in [0, 0.1) is 11.5 Å². The van der Waals surface area contributed by atoms with Gasteiger partial charge in [0, 0.05) is 16.7 Å². The number of rotatable bonds is 3. The molecule has 0 aromatic heterocycles. The molecule has 0 bridgehead atoms. The number of fused-ring (bicyclic) bond motifs is 6. The SMILES string of the molecule is C=CCOC1c2ccccc2-c2cc3c(c(C#C[Si](C)(C)C)c21)-c1ccccc1CO3. The van der Waals surface area contributed by atoms with Gasteiger partial charge in [0.15, 0.2) is 0 Å². The molecule has 0 N–H and O–H groups in total. The molecule has 0 fully saturated rings. The highest BCUT2D eigenvalue weighted by Gasteiger charge is 2.35. The standard InChI is InChI=1S/C28H26O2Si/c1-5-15-29-28-22-13-9-8-12-21(22)24-17-25-26(20-11-7-6-10-19(20)18-30-25)23(27(24)28)14-16-31(2,3)4/h5-13,17,28H,1,15,18H2,2-4H3. The minimum Gasteiger partial charge on any atom is -0.488 e. The molecule has 3 aromatic carbocycles. The Morgan fingerprint density at radius 2 is 1.81 bits per heavy atom. The summed E-state index contributed by atoms with van der Waals surface area (Å²) in [5.41, 5.74) is 12.9. The van der Waals surface area contributed by atoms with Crippen molar-refractivity contribution in [2.45, 2.75) is 32.4 Å². The predicted molar refractivity (Wildman–Crippen MR) is 130 cm³/mol. The van der Waals surface area contributed by atoms with Gasteiger partial charge in [0.2, 0.25) is 0 Å². The van der Waals surface area contributed by atoms with Gasteiger partial charge in [0.05, 0.1) is 6.61 Å². The molecule has 1 unspecified atom stereocenters. The summed E-state index contributed by atoms with van der Waals surface area (Å²) >= 11 is 0. The van der Waals surface area contributed by atoms with E-state index in [9.17, 15) is 0 Å². The van der Waals surface area contributed by atoms with E-state index in [4.69, 9.17) is 9.47 Å². The third kappa shape index (κ3) is 3.42. The van der Waals surface area contributed by atoms with Crippen LogP contribution >= 0.6 is 0 Å². The van der Waals surface area contributed by atoms with Crippen molar-refractivity contribution in [3.63, 3.8) is 0 Å². The Kier molecular flexibility index (Phi) is 4.85. The van der Waals surface area contributed by atoms with Gasteiger partial charge in [-0.25, -0.2) is 0 Å². The average molecular weight is 423 g/mol. The molecule has 2 aliphatic rings. The van der Waals surface area contributed by atoms with Crippen LogP contribution in [0.25, 0.3) is 22.3 Å². The Morgan fingerprint density at radius 1 is 1.06 bits per heavy atom. The first-order chi connectivity index (χ1) is 15.0. The molecule has 0 amide bonds. The molecule has 3 aromatic rings. The first kappa shape index (κ1) is 19.9. The second-order valence-corrected chi connectivity index (χ2v) is 13.9. The van der Waals surface area contributed by atoms with Crippen molar-refractivity contribution in [2.75, 3.05) is 6.61 Å². The van der Waals surface area contributed by atoms with E-state index in [1.54, 1.807) is 0 Å². The highest BCUT2D eigenvalue weighted by atomic mass is 28.3. The Bertz CT molecular complexity index is 1250. The fraction of sp³-hybridized carbons (Fsp3) is 0.214. The number of ether oxygens (including phenoxy) is 2. The number of hydrogen-bond donors (Lipinski definition) is 0. The molecule has 0 saturated carbocycles. The van der Waals surface area contributed by atoms with Crippen LogP contribution in [0.1, 0.15) is 28.4 Å². The van der Waals surface area contributed by atoms with Gasteiger partial charge in [-0.3, -0.25) is 0 Å². The van der Waals surface area contributed by atoms with Crippen LogP contribution in [0.5, 0.6) is 5.75 Å². The quantitative estimate of drug-likeness (QED) is 0.264. The Morgan fingerprint density at radius 3 is 2.58 bits per heavy atom. The van der Waals surface area contributed by atoms with Crippen molar-refractivity contribution in [1.82, 2.24) is 0 Å². The van der Waals surface area contributed by atoms with Crippen molar-refractivity contribution in [2.24, 2.45) is 0 Å². The van der Waals surface area contributed by atoms with E-state index in [-0.39, 0.29) is 6.10 Å². The van der Waals surface area contributed by atoms with E-state index >= 15 is 0 Å². The summed E-state index contributed by atoms with van der Waals surface area (Å²) in [6.45, 7) is 11.8. The fourth-order valence-electron chi connectivity index (χ4n) is 4.44. The molecule has 5 rings (SSSR count). The van der Waals surface area contributed by atoms with Crippen LogP contribution in [0.4, 0.5) is 0 Å². The molecule has 1 heterocycles. The maximum Gasteiger partial charge on any atom is 0.129 e. The van der Waals surface area contributed by atoms with Crippen molar-refractivity contribution in [1.29, 1.82) is 0 Å². The molecular formula is C28H26O2Si. The summed E-state index contributed by atoms with van der Waals surface area (Å²) < 4.78 is 12.6. The topological polar surface area (TPSA) is 18.5 Å². The molecule has 3 heteroatoms. The second kappa shape index (κ2) is 7.57. The third-order valence-electron chi connectivity index (χ3n) is 5.74. The lowest BCUT2D eigenvalue weighted by Crippen LogP contribution is -2.17. The first-order valence-electron chi connectivity index (χ1n) is 10.7. The minimum atomic E-state index is -1.60. The maximum absolute atomic E-state index is 6.34. The van der Waals surface area contributed by atoms with Crippen molar-refractivity contribution < 1.29 is 9.47 Å². The van der Waals surface area contributed by atoms with Crippen LogP contribution < -0.4 is 4.74 Å². The second-order valence-electron chi connectivity index (χ2n) is 9.12. The zero-order valence-electron chi connectivity index (χ0n) is 18.3. The van der Waals surface area contributed by atoms with Crippen LogP contribution in [0.2, 0.25) is 19.6 Å². The number of hydrogen-bond acceptors (Lipinski definition) is 2. The highest BCUT2D eigenvalue weighted by molar-refractivity contribution is 6.83. The van der Waals surface area contributed by atoms with Crippen LogP contribution in [0.3, 0.4) is 0 Å². The molecule has 31 heavy (non-hydrogen) atoms. The lowest BCUT2D eigenvalue weighted by molar-refractivity contribution is 0.107. The Labute approximate surface area is 185 Å². The summed E-state index contributed by atoms with van der Waals surface area (Å²) in [7, 11) is -1.60. The van der Waals surface area contributed by atoms with Gasteiger partial charge in [0.25, 0.3) is 0 Å². The van der Waals surface area contributed by atoms with E-state index in [2.05, 4.69) is 92.3 Å². The summed E-state index contributed by atoms with van der Waals surface area (Å²) in [6.07, 6.45) is 1.65. The van der Waals surface area contributed by atoms with Gasteiger partial charge >= 0.3 is 0 Å². The van der Waals surface area contributed by atoms with Gasteiger partial charge < -0.3 is 9.47 Å². The van der Waals surface area contributed by atoms with E-state index in [1.165, 1.54) is 27.8 Å². The lowest BCUT2D eigenvalue weighted by atomic mass is 9.87. The molecule has 1 aliphatic heterocycles. The van der Waals surface area contributed by atoms with Crippen LogP contribution in [-0.2, 0) is 11.3 Å². The predicted octanol–water partition coefficient (Wildman–Crippen LogP) is 6.75. The average Bonchev–Trinajstić information content (AvgIpc) is 3.08. The molecule has 0 saturated heterocycles. The van der Waals surface area contributed by atoms with E-state index in [0.717, 1.165) is 22.4 Å². The Hall–Kier alpha value is -3.06. The minimum absolute atomic E-state index is 0.158. The van der Waals surface area contributed by atoms with Gasteiger partial charge in [0.1, 0.15) is 26.5 Å². The molecular weight excluding hydrogens is 396 g/mol. The van der Waals surface area contributed by atoms with Crippen LogP contribution in [0.15, 0.2) is 67.3 Å². The lowest BCUT2D eigenvalue weighted by Gasteiger charge is -2.25. The largest absolute Gasteiger partial charge is 0.488 e. The summed E-state index contributed by atoms with van der Waals surface area (Å²) in [6, 6.07) is 19.2. The third-order valence-corrected chi connectivity index (χ3v) is 6.62. The van der Waals surface area contributed by atoms with Crippen molar-refractivity contribution in [3.8, 4) is 39.5 Å². The smallest absolute Gasteiger partial charge is 0.129 e. The maximum atomic E-state index is 6.34. The molecule has 154 valence electrons. The zero-order chi connectivity index (χ0) is 21.6. The summed E-state index contributed by atoms with van der Waals surface area (Å²) in [5, 5.41) is 0. The molecule has 1 aliphatic carbocycles. The molecule has 1 atom stereocenters. The van der Waals surface area contributed by atoms with E-state index in [0.29, 0.717) is 13.2 Å². The van der Waals surface area contributed by atoms with Gasteiger partial charge in [-0.05, 0) is 33.9 Å². The summed E-state index contributed by atoms with van der Waals surface area (Å²) in [4.78, 5) is 0. The monoisotopic (exact) mass is 422 g/mol. The van der Waals surface area contributed by atoms with Crippen molar-refractivity contribution in [3.05, 3.63) is 89.5 Å². The van der Waals surface area contributed by atoms with Crippen LogP contribution in [-0.4, -0.2) is 14.7 Å². The normalized spacial score (nSPS) is 15.5. The first-order valence-corrected chi connectivity index (χ1v) is 14.2. The van der Waals surface area contributed by atoms with E-state index in [1.807, 2.05) is 6.08 Å². The van der Waals surface area contributed by atoms with Gasteiger partial charge in [-0.15, -0.1) is 12.1 Å². The van der Waals surface area contributed by atoms with E-state index < -0.39 is 8.07 Å². The fourth-order valence-corrected chi connectivity index (χ4v) is 4.94. The number of benzene rings is 3. The Balaban J connectivity index is 1.85. The van der Waals surface area contributed by atoms with Gasteiger partial charge in [-0.1, -0.05) is 80.2 Å².